The Morgan fingerprint density at radius 1 is 0.380 bits per heavy atom. The molecule has 0 radical (unpaired) electrons. The van der Waals surface area contributed by atoms with Gasteiger partial charge in [-0.1, -0.05) is 66.7 Å². The number of aromatic nitrogens is 6. The van der Waals surface area contributed by atoms with Crippen molar-refractivity contribution in [2.75, 3.05) is 0 Å². The van der Waals surface area contributed by atoms with Crippen LogP contribution in [0.25, 0.3) is 89.0 Å². The maximum Gasteiger partial charge on any atom is 0.0963 e. The molecule has 6 heterocycles. The molecule has 0 saturated heterocycles. The number of pyridine rings is 4. The zero-order chi connectivity index (χ0) is 33.0. The minimum atomic E-state index is 0.775. The number of benzene rings is 4. The summed E-state index contributed by atoms with van der Waals surface area (Å²) in [5.41, 5.74) is 12.9. The molecule has 10 aromatic rings. The minimum absolute atomic E-state index is 0.775. The van der Waals surface area contributed by atoms with Crippen LogP contribution in [-0.4, -0.2) is 29.1 Å². The van der Waals surface area contributed by atoms with Crippen LogP contribution in [0.15, 0.2) is 170 Å². The van der Waals surface area contributed by atoms with E-state index in [-0.39, 0.29) is 0 Å². The Kier molecular flexibility index (Phi) is 6.39. The Balaban J connectivity index is 1.25. The van der Waals surface area contributed by atoms with E-state index in [4.69, 9.17) is 9.97 Å². The second-order valence-electron chi connectivity index (χ2n) is 12.4. The molecule has 0 spiro atoms. The van der Waals surface area contributed by atoms with Crippen molar-refractivity contribution >= 4 is 43.7 Å². The molecule has 6 aromatic heterocycles. The lowest BCUT2D eigenvalue weighted by atomic mass is 9.98. The van der Waals surface area contributed by atoms with Crippen LogP contribution in [0.1, 0.15) is 0 Å². The summed E-state index contributed by atoms with van der Waals surface area (Å²) in [4.78, 5) is 19.2. The van der Waals surface area contributed by atoms with E-state index in [1.807, 2.05) is 48.7 Å². The lowest BCUT2D eigenvalue weighted by Crippen LogP contribution is -1.99. The largest absolute Gasteiger partial charge is 0.309 e. The number of fused-ring (bicyclic) bond motifs is 6. The van der Waals surface area contributed by atoms with Gasteiger partial charge in [0.2, 0.25) is 0 Å². The lowest BCUT2D eigenvalue weighted by molar-refractivity contribution is 1.14. The van der Waals surface area contributed by atoms with Gasteiger partial charge in [-0.3, -0.25) is 15.0 Å². The van der Waals surface area contributed by atoms with Crippen molar-refractivity contribution < 1.29 is 0 Å². The maximum atomic E-state index is 5.04. The molecule has 4 aromatic carbocycles. The van der Waals surface area contributed by atoms with E-state index in [0.29, 0.717) is 0 Å². The third-order valence-electron chi connectivity index (χ3n) is 9.47. The summed E-state index contributed by atoms with van der Waals surface area (Å²) in [7, 11) is 0. The third kappa shape index (κ3) is 4.43. The van der Waals surface area contributed by atoms with E-state index in [0.717, 1.165) is 61.7 Å². The van der Waals surface area contributed by atoms with Gasteiger partial charge >= 0.3 is 0 Å². The van der Waals surface area contributed by atoms with Gasteiger partial charge in [-0.2, -0.15) is 0 Å². The number of rotatable bonds is 5. The molecule has 0 aliphatic rings. The normalized spacial score (nSPS) is 11.6. The Morgan fingerprint density at radius 3 is 1.80 bits per heavy atom. The summed E-state index contributed by atoms with van der Waals surface area (Å²) >= 11 is 0. The molecule has 50 heavy (non-hydrogen) atoms. The number of hydrogen-bond acceptors (Lipinski definition) is 4. The monoisotopic (exact) mass is 640 g/mol. The van der Waals surface area contributed by atoms with Crippen LogP contribution in [0, 0.1) is 0 Å². The average Bonchev–Trinajstić information content (AvgIpc) is 3.71. The number of hydrogen-bond donors (Lipinski definition) is 0. The highest BCUT2D eigenvalue weighted by Gasteiger charge is 2.20. The van der Waals surface area contributed by atoms with Crippen molar-refractivity contribution in [2.45, 2.75) is 0 Å². The van der Waals surface area contributed by atoms with Gasteiger partial charge in [0.15, 0.2) is 0 Å². The molecule has 0 aliphatic heterocycles. The first-order valence-corrected chi connectivity index (χ1v) is 16.6. The van der Waals surface area contributed by atoms with Crippen LogP contribution >= 0.6 is 0 Å². The predicted molar refractivity (Wildman–Crippen MR) is 203 cm³/mol. The second kappa shape index (κ2) is 11.4. The maximum absolute atomic E-state index is 5.04. The number of para-hydroxylation sites is 2. The standard InChI is InChI=1S/C44H28N6/c1-2-12-30(13-3-1)49-39-18-5-4-14-33(39)43-32(15-10-19-40(43)49)29-21-22-34-42(26-29)50(41-20-11-25-47-44(34)41)31-27-37(35-16-6-8-23-45-35)48-38(28-31)36-17-7-9-24-46-36/h1-28H. The molecule has 0 unspecified atom stereocenters. The molecule has 0 atom stereocenters. The predicted octanol–water partition coefficient (Wildman–Crippen LogP) is 10.5. The average molecular weight is 641 g/mol. The molecule has 0 bridgehead atoms. The van der Waals surface area contributed by atoms with Gasteiger partial charge in [0.1, 0.15) is 0 Å². The molecule has 0 aliphatic carbocycles. The van der Waals surface area contributed by atoms with Crippen LogP contribution in [-0.2, 0) is 0 Å². The first kappa shape index (κ1) is 28.1. The highest BCUT2D eigenvalue weighted by molar-refractivity contribution is 6.17. The molecule has 10 rings (SSSR count). The lowest BCUT2D eigenvalue weighted by Gasteiger charge is -2.13. The number of nitrogens with zero attached hydrogens (tertiary/aromatic N) is 6. The van der Waals surface area contributed by atoms with Crippen molar-refractivity contribution in [1.82, 2.24) is 29.1 Å². The molecule has 6 nitrogen and oxygen atoms in total. The van der Waals surface area contributed by atoms with Gasteiger partial charge < -0.3 is 9.13 Å². The second-order valence-corrected chi connectivity index (χ2v) is 12.4. The van der Waals surface area contributed by atoms with Crippen molar-refractivity contribution in [3.05, 3.63) is 170 Å². The SMILES string of the molecule is c1ccc(-n2c3ccccc3c3c(-c4ccc5c6ncccc6n(-c6cc(-c7ccccn7)nc(-c7ccccn7)c6)c5c4)cccc32)cc1. The highest BCUT2D eigenvalue weighted by atomic mass is 15.0. The zero-order valence-electron chi connectivity index (χ0n) is 26.8. The molecular formula is C44H28N6. The highest BCUT2D eigenvalue weighted by Crippen LogP contribution is 2.41. The summed E-state index contributed by atoms with van der Waals surface area (Å²) in [5.74, 6) is 0. The van der Waals surface area contributed by atoms with E-state index >= 15 is 0 Å². The fourth-order valence-electron chi connectivity index (χ4n) is 7.33. The van der Waals surface area contributed by atoms with Crippen molar-refractivity contribution in [2.24, 2.45) is 0 Å². The van der Waals surface area contributed by atoms with E-state index in [9.17, 15) is 0 Å². The Bertz CT molecular complexity index is 2800. The van der Waals surface area contributed by atoms with Crippen molar-refractivity contribution in [3.8, 4) is 45.3 Å². The van der Waals surface area contributed by atoms with Gasteiger partial charge in [-0.25, -0.2) is 4.98 Å². The van der Waals surface area contributed by atoms with Crippen LogP contribution in [0.4, 0.5) is 0 Å². The fraction of sp³-hybridized carbons (Fsp3) is 0. The Hall–Kier alpha value is -6.92. The molecule has 234 valence electrons. The van der Waals surface area contributed by atoms with E-state index in [2.05, 4.69) is 128 Å². The molecule has 6 heteroatoms. The summed E-state index contributed by atoms with van der Waals surface area (Å²) in [6, 6.07) is 52.8. The summed E-state index contributed by atoms with van der Waals surface area (Å²) < 4.78 is 4.66. The Morgan fingerprint density at radius 2 is 1.04 bits per heavy atom. The van der Waals surface area contributed by atoms with Gasteiger partial charge in [-0.15, -0.1) is 0 Å². The van der Waals surface area contributed by atoms with Gasteiger partial charge in [0.05, 0.1) is 56.0 Å². The topological polar surface area (TPSA) is 61.4 Å². The third-order valence-corrected chi connectivity index (χ3v) is 9.47. The van der Waals surface area contributed by atoms with Crippen LogP contribution < -0.4 is 0 Å². The van der Waals surface area contributed by atoms with E-state index < -0.39 is 0 Å². The Labute approximate surface area is 287 Å². The zero-order valence-corrected chi connectivity index (χ0v) is 26.8. The van der Waals surface area contributed by atoms with Crippen LogP contribution in [0.2, 0.25) is 0 Å². The van der Waals surface area contributed by atoms with Crippen LogP contribution in [0.3, 0.4) is 0 Å². The quantitative estimate of drug-likeness (QED) is 0.188. The molecule has 0 N–H and O–H groups in total. The summed E-state index contributed by atoms with van der Waals surface area (Å²) in [5, 5.41) is 3.53. The van der Waals surface area contributed by atoms with Crippen LogP contribution in [0.5, 0.6) is 0 Å². The molecule has 0 amide bonds. The summed E-state index contributed by atoms with van der Waals surface area (Å²) in [6.07, 6.45) is 5.47. The van der Waals surface area contributed by atoms with Crippen molar-refractivity contribution in [1.29, 1.82) is 0 Å². The smallest absolute Gasteiger partial charge is 0.0963 e. The van der Waals surface area contributed by atoms with E-state index in [1.54, 1.807) is 12.4 Å². The first-order valence-electron chi connectivity index (χ1n) is 16.6. The molecular weight excluding hydrogens is 613 g/mol. The molecule has 0 saturated carbocycles. The molecule has 0 fully saturated rings. The van der Waals surface area contributed by atoms with E-state index in [1.165, 1.54) is 27.4 Å². The minimum Gasteiger partial charge on any atom is -0.309 e. The van der Waals surface area contributed by atoms with Crippen molar-refractivity contribution in [3.63, 3.8) is 0 Å². The van der Waals surface area contributed by atoms with Gasteiger partial charge in [0, 0.05) is 40.4 Å². The summed E-state index contributed by atoms with van der Waals surface area (Å²) in [6.45, 7) is 0. The van der Waals surface area contributed by atoms with Gasteiger partial charge in [0.25, 0.3) is 0 Å². The fourth-order valence-corrected chi connectivity index (χ4v) is 7.33. The van der Waals surface area contributed by atoms with Gasteiger partial charge in [-0.05, 0) is 96.1 Å². The first-order chi connectivity index (χ1) is 24.8.